The predicted molar refractivity (Wildman–Crippen MR) is 80.7 cm³/mol. The first-order valence-corrected chi connectivity index (χ1v) is 8.95. The lowest BCUT2D eigenvalue weighted by Gasteiger charge is -2.17. The van der Waals surface area contributed by atoms with Crippen molar-refractivity contribution in [1.29, 1.82) is 0 Å². The third kappa shape index (κ3) is 6.54. The van der Waals surface area contributed by atoms with Gasteiger partial charge in [-0.15, -0.1) is 0 Å². The minimum Gasteiger partial charge on any atom is -0.314 e. The Kier molecular flexibility index (Phi) is 6.50. The second-order valence-corrected chi connectivity index (χ2v) is 7.93. The van der Waals surface area contributed by atoms with Crippen LogP contribution in [-0.2, 0) is 10.0 Å². The van der Waals surface area contributed by atoms with Gasteiger partial charge in [0.1, 0.15) is 0 Å². The van der Waals surface area contributed by atoms with Crippen LogP contribution in [0.4, 0.5) is 0 Å². The first-order valence-electron chi connectivity index (χ1n) is 7.11. The van der Waals surface area contributed by atoms with Crippen molar-refractivity contribution in [2.75, 3.05) is 25.9 Å². The van der Waals surface area contributed by atoms with Crippen molar-refractivity contribution >= 4 is 10.0 Å². The summed E-state index contributed by atoms with van der Waals surface area (Å²) in [6.07, 6.45) is 6.77. The van der Waals surface area contributed by atoms with Crippen LogP contribution in [0.25, 0.3) is 0 Å². The van der Waals surface area contributed by atoms with E-state index < -0.39 is 10.0 Å². The Morgan fingerprint density at radius 1 is 1.47 bits per heavy atom. The highest BCUT2D eigenvalue weighted by molar-refractivity contribution is 7.88. The van der Waals surface area contributed by atoms with E-state index in [9.17, 15) is 8.42 Å². The van der Waals surface area contributed by atoms with Crippen LogP contribution in [0.1, 0.15) is 40.0 Å². The van der Waals surface area contributed by atoms with Gasteiger partial charge in [0, 0.05) is 19.1 Å². The van der Waals surface area contributed by atoms with Crippen molar-refractivity contribution in [2.45, 2.75) is 46.1 Å². The molecule has 1 fully saturated rings. The zero-order valence-corrected chi connectivity index (χ0v) is 13.5. The van der Waals surface area contributed by atoms with Crippen LogP contribution in [-0.4, -0.2) is 44.7 Å². The van der Waals surface area contributed by atoms with Gasteiger partial charge in [0.05, 0.1) is 6.26 Å². The lowest BCUT2D eigenvalue weighted by atomic mass is 10.1. The van der Waals surface area contributed by atoms with Crippen molar-refractivity contribution in [2.24, 2.45) is 5.92 Å². The summed E-state index contributed by atoms with van der Waals surface area (Å²) >= 11 is 0. The Morgan fingerprint density at radius 3 is 2.68 bits per heavy atom. The van der Waals surface area contributed by atoms with E-state index in [-0.39, 0.29) is 0 Å². The number of sulfonamides is 1. The zero-order valence-electron chi connectivity index (χ0n) is 12.6. The molecule has 4 nitrogen and oxygen atoms in total. The van der Waals surface area contributed by atoms with Crippen molar-refractivity contribution in [3.63, 3.8) is 0 Å². The van der Waals surface area contributed by atoms with Gasteiger partial charge in [-0.3, -0.25) is 0 Å². The highest BCUT2D eigenvalue weighted by Crippen LogP contribution is 2.18. The number of nitrogens with zero attached hydrogens (tertiary/aromatic N) is 1. The monoisotopic (exact) mass is 288 g/mol. The van der Waals surface area contributed by atoms with Crippen molar-refractivity contribution in [1.82, 2.24) is 9.62 Å². The summed E-state index contributed by atoms with van der Waals surface area (Å²) < 4.78 is 24.4. The molecule has 0 saturated carbocycles. The minimum atomic E-state index is -3.00. The largest absolute Gasteiger partial charge is 0.314 e. The summed E-state index contributed by atoms with van der Waals surface area (Å²) in [5.41, 5.74) is 1.37. The molecule has 1 aliphatic rings. The highest BCUT2D eigenvalue weighted by atomic mass is 32.2. The minimum absolute atomic E-state index is 0.459. The van der Waals surface area contributed by atoms with Gasteiger partial charge in [-0.2, -0.15) is 0 Å². The standard InChI is InChI=1S/C14H28N2O2S/c1-12(2)6-5-7-13(3)15-10-14-8-9-16(11-14)19(4,17)18/h6,13-15H,5,7-11H2,1-4H3. The second kappa shape index (κ2) is 7.41. The molecule has 0 bridgehead atoms. The molecule has 1 rings (SSSR count). The second-order valence-electron chi connectivity index (χ2n) is 5.94. The first-order chi connectivity index (χ1) is 8.79. The molecule has 0 aromatic carbocycles. The van der Waals surface area contributed by atoms with E-state index in [0.29, 0.717) is 25.0 Å². The normalized spacial score (nSPS) is 22.4. The molecule has 0 amide bonds. The molecule has 19 heavy (non-hydrogen) atoms. The molecule has 1 saturated heterocycles. The lowest BCUT2D eigenvalue weighted by molar-refractivity contribution is 0.421. The third-order valence-corrected chi connectivity index (χ3v) is 4.89. The van der Waals surface area contributed by atoms with Crippen LogP contribution in [0.2, 0.25) is 0 Å². The number of hydrogen-bond acceptors (Lipinski definition) is 3. The van der Waals surface area contributed by atoms with E-state index in [2.05, 4.69) is 32.2 Å². The maximum atomic E-state index is 11.4. The van der Waals surface area contributed by atoms with E-state index in [0.717, 1.165) is 25.8 Å². The molecule has 1 aliphatic heterocycles. The van der Waals surface area contributed by atoms with Gasteiger partial charge >= 0.3 is 0 Å². The molecule has 2 atom stereocenters. The van der Waals surface area contributed by atoms with Crippen LogP contribution in [0.5, 0.6) is 0 Å². The Hall–Kier alpha value is -0.390. The third-order valence-electron chi connectivity index (χ3n) is 3.62. The van der Waals surface area contributed by atoms with Crippen LogP contribution in [0, 0.1) is 5.92 Å². The molecule has 2 unspecified atom stereocenters. The fourth-order valence-corrected chi connectivity index (χ4v) is 3.28. The summed E-state index contributed by atoms with van der Waals surface area (Å²) in [7, 11) is -3.00. The fraction of sp³-hybridized carbons (Fsp3) is 0.857. The topological polar surface area (TPSA) is 49.4 Å². The van der Waals surface area contributed by atoms with E-state index in [1.165, 1.54) is 11.8 Å². The lowest BCUT2D eigenvalue weighted by Crippen LogP contribution is -2.33. The van der Waals surface area contributed by atoms with Gasteiger partial charge in [0.15, 0.2) is 0 Å². The molecule has 0 aliphatic carbocycles. The van der Waals surface area contributed by atoms with Crippen molar-refractivity contribution in [3.8, 4) is 0 Å². The number of nitrogens with one attached hydrogen (secondary N) is 1. The fourth-order valence-electron chi connectivity index (χ4n) is 2.36. The Morgan fingerprint density at radius 2 is 2.16 bits per heavy atom. The van der Waals surface area contributed by atoms with Gasteiger partial charge in [-0.25, -0.2) is 12.7 Å². The Balaban J connectivity index is 2.22. The van der Waals surface area contributed by atoms with Crippen LogP contribution in [0.15, 0.2) is 11.6 Å². The van der Waals surface area contributed by atoms with Gasteiger partial charge in [0.2, 0.25) is 10.0 Å². The highest BCUT2D eigenvalue weighted by Gasteiger charge is 2.28. The smallest absolute Gasteiger partial charge is 0.211 e. The maximum Gasteiger partial charge on any atom is 0.211 e. The molecule has 0 aromatic rings. The molecule has 1 N–H and O–H groups in total. The van der Waals surface area contributed by atoms with Gasteiger partial charge in [0.25, 0.3) is 0 Å². The van der Waals surface area contributed by atoms with Crippen LogP contribution < -0.4 is 5.32 Å². The van der Waals surface area contributed by atoms with Crippen molar-refractivity contribution < 1.29 is 8.42 Å². The number of rotatable bonds is 7. The zero-order chi connectivity index (χ0) is 14.5. The van der Waals surface area contributed by atoms with E-state index in [1.54, 1.807) is 4.31 Å². The van der Waals surface area contributed by atoms with E-state index >= 15 is 0 Å². The molecule has 112 valence electrons. The van der Waals surface area contributed by atoms with Crippen molar-refractivity contribution in [3.05, 3.63) is 11.6 Å². The Bertz CT molecular complexity index is 400. The molecular weight excluding hydrogens is 260 g/mol. The number of hydrogen-bond donors (Lipinski definition) is 1. The van der Waals surface area contributed by atoms with Gasteiger partial charge < -0.3 is 5.32 Å². The summed E-state index contributed by atoms with van der Waals surface area (Å²) in [5, 5.41) is 3.52. The predicted octanol–water partition coefficient (Wildman–Crippen LogP) is 1.99. The van der Waals surface area contributed by atoms with E-state index in [1.807, 2.05) is 0 Å². The van der Waals surface area contributed by atoms with E-state index in [4.69, 9.17) is 0 Å². The summed E-state index contributed by atoms with van der Waals surface area (Å²) in [6, 6.07) is 0.489. The van der Waals surface area contributed by atoms with Gasteiger partial charge in [-0.05, 0) is 52.5 Å². The van der Waals surface area contributed by atoms with Crippen LogP contribution in [0.3, 0.4) is 0 Å². The quantitative estimate of drug-likeness (QED) is 0.729. The molecule has 1 heterocycles. The molecule has 0 radical (unpaired) electrons. The average Bonchev–Trinajstić information content (AvgIpc) is 2.74. The SMILES string of the molecule is CC(C)=CCCC(C)NCC1CCN(S(C)(=O)=O)C1. The molecular formula is C14H28N2O2S. The number of allylic oxidation sites excluding steroid dienone is 2. The van der Waals surface area contributed by atoms with Gasteiger partial charge in [-0.1, -0.05) is 11.6 Å². The van der Waals surface area contributed by atoms with Crippen LogP contribution >= 0.6 is 0 Å². The molecule has 5 heteroatoms. The summed E-state index contributed by atoms with van der Waals surface area (Å²) in [5.74, 6) is 0.459. The molecule has 0 aromatic heterocycles. The first kappa shape index (κ1) is 16.7. The summed E-state index contributed by atoms with van der Waals surface area (Å²) in [6.45, 7) is 8.71. The summed E-state index contributed by atoms with van der Waals surface area (Å²) in [4.78, 5) is 0. The Labute approximate surface area is 118 Å². The maximum absolute atomic E-state index is 11.4. The molecule has 0 spiro atoms. The average molecular weight is 288 g/mol.